The molecule has 5 heteroatoms. The minimum atomic E-state index is 0.139. The van der Waals surface area contributed by atoms with Gasteiger partial charge in [0.1, 0.15) is 5.82 Å². The molecule has 0 fully saturated rings. The largest absolute Gasteiger partial charge is 0.379 e. The van der Waals surface area contributed by atoms with E-state index in [0.717, 1.165) is 12.4 Å². The van der Waals surface area contributed by atoms with Gasteiger partial charge in [-0.3, -0.25) is 5.41 Å². The van der Waals surface area contributed by atoms with E-state index in [4.69, 9.17) is 11.1 Å². The molecule has 0 aliphatic heterocycles. The van der Waals surface area contributed by atoms with Crippen molar-refractivity contribution in [3.8, 4) is 0 Å². The van der Waals surface area contributed by atoms with E-state index < -0.39 is 0 Å². The summed E-state index contributed by atoms with van der Waals surface area (Å²) in [5.41, 5.74) is 5.21. The molecule has 0 spiro atoms. The molecule has 12 heavy (non-hydrogen) atoms. The molecule has 0 saturated carbocycles. The van der Waals surface area contributed by atoms with Gasteiger partial charge in [0.05, 0.1) is 5.75 Å². The minimum absolute atomic E-state index is 0.139. The molecule has 4 nitrogen and oxygen atoms in total. The van der Waals surface area contributed by atoms with E-state index >= 15 is 0 Å². The van der Waals surface area contributed by atoms with Gasteiger partial charge in [0, 0.05) is 18.9 Å². The summed E-state index contributed by atoms with van der Waals surface area (Å²) in [6, 6.07) is 0. The van der Waals surface area contributed by atoms with Gasteiger partial charge in [-0.05, 0) is 6.92 Å². The Morgan fingerprint density at radius 3 is 3.17 bits per heavy atom. The van der Waals surface area contributed by atoms with Crippen molar-refractivity contribution in [3.63, 3.8) is 0 Å². The van der Waals surface area contributed by atoms with Crippen LogP contribution in [0.25, 0.3) is 0 Å². The smallest absolute Gasteiger partial charge is 0.151 e. The molecule has 0 radical (unpaired) electrons. The van der Waals surface area contributed by atoms with Crippen LogP contribution >= 0.6 is 11.8 Å². The van der Waals surface area contributed by atoms with Crippen molar-refractivity contribution in [2.75, 3.05) is 0 Å². The number of imidazole rings is 1. The van der Waals surface area contributed by atoms with Crippen molar-refractivity contribution < 1.29 is 0 Å². The number of aromatic nitrogens is 2. The van der Waals surface area contributed by atoms with Crippen LogP contribution in [0.4, 0.5) is 0 Å². The number of hydrogen-bond donors (Lipinski definition) is 2. The number of thioether (sulfide) groups is 1. The molecule has 3 N–H and O–H groups in total. The Kier molecular flexibility index (Phi) is 3.16. The first-order chi connectivity index (χ1) is 5.74. The van der Waals surface area contributed by atoms with Crippen molar-refractivity contribution in [1.82, 2.24) is 9.55 Å². The van der Waals surface area contributed by atoms with Crippen LogP contribution in [-0.2, 0) is 12.3 Å². The number of rotatable bonds is 3. The van der Waals surface area contributed by atoms with Gasteiger partial charge in [-0.15, -0.1) is 0 Å². The van der Waals surface area contributed by atoms with Crippen molar-refractivity contribution in [2.24, 2.45) is 5.73 Å². The van der Waals surface area contributed by atoms with E-state index in [-0.39, 0.29) is 5.17 Å². The first-order valence-electron chi connectivity index (χ1n) is 3.71. The molecular weight excluding hydrogens is 172 g/mol. The molecule has 1 rings (SSSR count). The predicted molar refractivity (Wildman–Crippen MR) is 51.1 cm³/mol. The zero-order valence-electron chi connectivity index (χ0n) is 6.95. The SMILES string of the molecule is CCn1ccnc1CSC(=N)N. The highest BCUT2D eigenvalue weighted by Gasteiger charge is 2.01. The fourth-order valence-corrected chi connectivity index (χ4v) is 1.44. The lowest BCUT2D eigenvalue weighted by Crippen LogP contribution is -2.06. The van der Waals surface area contributed by atoms with Gasteiger partial charge in [-0.1, -0.05) is 11.8 Å². The molecule has 0 saturated heterocycles. The maximum absolute atomic E-state index is 7.03. The summed E-state index contributed by atoms with van der Waals surface area (Å²) >= 11 is 1.30. The van der Waals surface area contributed by atoms with Gasteiger partial charge in [0.15, 0.2) is 5.17 Å². The van der Waals surface area contributed by atoms with Crippen LogP contribution in [0.1, 0.15) is 12.7 Å². The molecule has 1 aromatic heterocycles. The summed E-state index contributed by atoms with van der Waals surface area (Å²) in [5.74, 6) is 1.65. The standard InChI is InChI=1S/C7H12N4S/c1-2-11-4-3-10-6(11)5-12-7(8)9/h3-4H,2,5H2,1H3,(H3,8,9). The van der Waals surface area contributed by atoms with Crippen LogP contribution in [0.15, 0.2) is 12.4 Å². The van der Waals surface area contributed by atoms with Gasteiger partial charge in [-0.2, -0.15) is 0 Å². The Balaban J connectivity index is 2.56. The van der Waals surface area contributed by atoms with Crippen LogP contribution in [-0.4, -0.2) is 14.7 Å². The predicted octanol–water partition coefficient (Wildman–Crippen LogP) is 1.03. The summed E-state index contributed by atoms with van der Waals surface area (Å²) in [5, 5.41) is 7.17. The van der Waals surface area contributed by atoms with Crippen molar-refractivity contribution in [1.29, 1.82) is 5.41 Å². The average molecular weight is 184 g/mol. The number of aryl methyl sites for hydroxylation is 1. The zero-order valence-corrected chi connectivity index (χ0v) is 7.77. The summed E-state index contributed by atoms with van der Waals surface area (Å²) in [4.78, 5) is 4.15. The topological polar surface area (TPSA) is 67.7 Å². The van der Waals surface area contributed by atoms with Crippen molar-refractivity contribution in [2.45, 2.75) is 19.2 Å². The van der Waals surface area contributed by atoms with E-state index in [0.29, 0.717) is 5.75 Å². The molecule has 1 aromatic rings. The van der Waals surface area contributed by atoms with Crippen LogP contribution < -0.4 is 5.73 Å². The second-order valence-corrected chi connectivity index (χ2v) is 3.30. The molecule has 0 aliphatic rings. The highest BCUT2D eigenvalue weighted by atomic mass is 32.2. The fraction of sp³-hybridized carbons (Fsp3) is 0.429. The number of amidine groups is 1. The number of nitrogens with zero attached hydrogens (tertiary/aromatic N) is 2. The minimum Gasteiger partial charge on any atom is -0.379 e. The van der Waals surface area contributed by atoms with E-state index in [2.05, 4.69) is 11.9 Å². The Hall–Kier alpha value is -0.970. The normalized spacial score (nSPS) is 10.1. The molecule has 66 valence electrons. The van der Waals surface area contributed by atoms with Crippen molar-refractivity contribution in [3.05, 3.63) is 18.2 Å². The van der Waals surface area contributed by atoms with Gasteiger partial charge in [0.2, 0.25) is 0 Å². The molecule has 0 aliphatic carbocycles. The highest BCUT2D eigenvalue weighted by molar-refractivity contribution is 8.12. The Bertz CT molecular complexity index is 268. The number of nitrogens with two attached hydrogens (primary N) is 1. The molecule has 0 aromatic carbocycles. The first kappa shape index (κ1) is 9.12. The quantitative estimate of drug-likeness (QED) is 0.544. The third kappa shape index (κ3) is 2.27. The second kappa shape index (κ2) is 4.15. The first-order valence-corrected chi connectivity index (χ1v) is 4.69. The Morgan fingerprint density at radius 1 is 1.83 bits per heavy atom. The van der Waals surface area contributed by atoms with Crippen LogP contribution in [0, 0.1) is 5.41 Å². The maximum atomic E-state index is 7.03. The summed E-state index contributed by atoms with van der Waals surface area (Å²) < 4.78 is 2.04. The molecule has 0 bridgehead atoms. The van der Waals surface area contributed by atoms with Gasteiger partial charge in [-0.25, -0.2) is 4.98 Å². The Morgan fingerprint density at radius 2 is 2.58 bits per heavy atom. The molecule has 0 amide bonds. The van der Waals surface area contributed by atoms with Crippen molar-refractivity contribution >= 4 is 16.9 Å². The fourth-order valence-electron chi connectivity index (χ4n) is 0.910. The number of nitrogens with one attached hydrogen (secondary N) is 1. The van der Waals surface area contributed by atoms with E-state index in [1.165, 1.54) is 11.8 Å². The molecule has 1 heterocycles. The van der Waals surface area contributed by atoms with Gasteiger partial charge < -0.3 is 10.3 Å². The lowest BCUT2D eigenvalue weighted by molar-refractivity contribution is 0.726. The van der Waals surface area contributed by atoms with Crippen LogP contribution in [0.3, 0.4) is 0 Å². The van der Waals surface area contributed by atoms with Gasteiger partial charge >= 0.3 is 0 Å². The third-order valence-corrected chi connectivity index (χ3v) is 2.21. The summed E-state index contributed by atoms with van der Waals surface area (Å²) in [6.45, 7) is 2.97. The molecule has 0 atom stereocenters. The van der Waals surface area contributed by atoms with E-state index in [1.54, 1.807) is 6.20 Å². The number of hydrogen-bond acceptors (Lipinski definition) is 3. The lowest BCUT2D eigenvalue weighted by Gasteiger charge is -2.02. The average Bonchev–Trinajstić information content (AvgIpc) is 2.47. The van der Waals surface area contributed by atoms with Crippen LogP contribution in [0.2, 0.25) is 0 Å². The molecule has 0 unspecified atom stereocenters. The van der Waals surface area contributed by atoms with E-state index in [1.807, 2.05) is 10.8 Å². The van der Waals surface area contributed by atoms with E-state index in [9.17, 15) is 0 Å². The van der Waals surface area contributed by atoms with Crippen LogP contribution in [0.5, 0.6) is 0 Å². The summed E-state index contributed by atoms with van der Waals surface area (Å²) in [6.07, 6.45) is 3.69. The highest BCUT2D eigenvalue weighted by Crippen LogP contribution is 2.09. The lowest BCUT2D eigenvalue weighted by atomic mass is 10.6. The monoisotopic (exact) mass is 184 g/mol. The molecular formula is C7H12N4S. The third-order valence-electron chi connectivity index (χ3n) is 1.50. The zero-order chi connectivity index (χ0) is 8.97. The maximum Gasteiger partial charge on any atom is 0.151 e. The Labute approximate surface area is 75.7 Å². The summed E-state index contributed by atoms with van der Waals surface area (Å²) in [7, 11) is 0. The second-order valence-electron chi connectivity index (χ2n) is 2.28. The van der Waals surface area contributed by atoms with Gasteiger partial charge in [0.25, 0.3) is 0 Å².